The predicted molar refractivity (Wildman–Crippen MR) is 119 cm³/mol. The van der Waals surface area contributed by atoms with Crippen LogP contribution < -0.4 is 4.74 Å². The van der Waals surface area contributed by atoms with Crippen molar-refractivity contribution in [3.8, 4) is 5.75 Å². The highest BCUT2D eigenvalue weighted by Crippen LogP contribution is 2.40. The lowest BCUT2D eigenvalue weighted by molar-refractivity contribution is -0.113. The maximum absolute atomic E-state index is 14.4. The van der Waals surface area contributed by atoms with E-state index in [-0.39, 0.29) is 18.5 Å². The molecule has 0 amide bonds. The zero-order chi connectivity index (χ0) is 22.0. The van der Waals surface area contributed by atoms with Crippen molar-refractivity contribution < 1.29 is 24.1 Å². The molecular formula is C25H26ClFO4. The summed E-state index contributed by atoms with van der Waals surface area (Å²) >= 11 is 6.76. The molecule has 0 aliphatic carbocycles. The van der Waals surface area contributed by atoms with Crippen LogP contribution in [0.5, 0.6) is 5.75 Å². The summed E-state index contributed by atoms with van der Waals surface area (Å²) in [6, 6.07) is 14.7. The Morgan fingerprint density at radius 1 is 1.13 bits per heavy atom. The molecule has 3 aromatic rings. The molecule has 1 fully saturated rings. The second kappa shape index (κ2) is 9.53. The molecule has 3 atom stereocenters. The van der Waals surface area contributed by atoms with Gasteiger partial charge in [0.05, 0.1) is 36.5 Å². The molecule has 0 saturated carbocycles. The van der Waals surface area contributed by atoms with E-state index in [9.17, 15) is 14.6 Å². The summed E-state index contributed by atoms with van der Waals surface area (Å²) < 4.78 is 25.7. The van der Waals surface area contributed by atoms with Gasteiger partial charge in [-0.05, 0) is 47.6 Å². The van der Waals surface area contributed by atoms with Gasteiger partial charge in [-0.2, -0.15) is 0 Å². The number of aliphatic hydroxyl groups excluding tert-OH is 2. The van der Waals surface area contributed by atoms with Crippen molar-refractivity contribution in [2.24, 2.45) is 0 Å². The molecule has 3 unspecified atom stereocenters. The maximum atomic E-state index is 14.4. The highest BCUT2D eigenvalue weighted by atomic mass is 35.5. The first-order valence-electron chi connectivity index (χ1n) is 10.6. The Hall–Kier alpha value is -2.18. The van der Waals surface area contributed by atoms with Gasteiger partial charge in [-0.15, -0.1) is 0 Å². The second-order valence-electron chi connectivity index (χ2n) is 7.91. The third-order valence-electron chi connectivity index (χ3n) is 5.71. The monoisotopic (exact) mass is 444 g/mol. The van der Waals surface area contributed by atoms with E-state index in [1.807, 2.05) is 43.3 Å². The summed E-state index contributed by atoms with van der Waals surface area (Å²) in [5.41, 5.74) is 2.55. The minimum absolute atomic E-state index is 0.141. The Morgan fingerprint density at radius 3 is 2.61 bits per heavy atom. The fourth-order valence-electron chi connectivity index (χ4n) is 4.28. The molecule has 0 spiro atoms. The van der Waals surface area contributed by atoms with Crippen molar-refractivity contribution in [3.63, 3.8) is 0 Å². The molecule has 164 valence electrons. The van der Waals surface area contributed by atoms with E-state index in [0.29, 0.717) is 30.9 Å². The topological polar surface area (TPSA) is 58.9 Å². The zero-order valence-corrected chi connectivity index (χ0v) is 18.1. The van der Waals surface area contributed by atoms with Gasteiger partial charge < -0.3 is 19.7 Å². The maximum Gasteiger partial charge on any atom is 0.165 e. The van der Waals surface area contributed by atoms with E-state index >= 15 is 0 Å². The Kier molecular flexibility index (Phi) is 6.77. The number of fused-ring (bicyclic) bond motifs is 1. The normalized spacial score (nSPS) is 21.4. The summed E-state index contributed by atoms with van der Waals surface area (Å²) in [6.07, 6.45) is -0.0193. The van der Waals surface area contributed by atoms with E-state index in [4.69, 9.17) is 21.1 Å². The molecule has 0 radical (unpaired) electrons. The van der Waals surface area contributed by atoms with Crippen LogP contribution in [0, 0.1) is 5.82 Å². The van der Waals surface area contributed by atoms with Gasteiger partial charge in [-0.25, -0.2) is 4.39 Å². The van der Waals surface area contributed by atoms with Crippen molar-refractivity contribution in [3.05, 3.63) is 76.1 Å². The largest absolute Gasteiger partial charge is 0.491 e. The summed E-state index contributed by atoms with van der Waals surface area (Å²) in [6.45, 7) is 2.07. The highest BCUT2D eigenvalue weighted by Gasteiger charge is 2.30. The van der Waals surface area contributed by atoms with Crippen LogP contribution in [0.2, 0.25) is 5.02 Å². The van der Waals surface area contributed by atoms with Crippen LogP contribution in [0.1, 0.15) is 42.6 Å². The van der Waals surface area contributed by atoms with Crippen LogP contribution in [-0.2, 0) is 11.2 Å². The summed E-state index contributed by atoms with van der Waals surface area (Å²) in [4.78, 5) is 0. The number of ether oxygens (including phenoxy) is 2. The first-order valence-corrected chi connectivity index (χ1v) is 10.9. The summed E-state index contributed by atoms with van der Waals surface area (Å²) in [5, 5.41) is 22.3. The minimum atomic E-state index is -0.547. The fourth-order valence-corrected chi connectivity index (χ4v) is 4.56. The van der Waals surface area contributed by atoms with E-state index in [0.717, 1.165) is 27.5 Å². The van der Waals surface area contributed by atoms with Gasteiger partial charge in [0, 0.05) is 18.2 Å². The van der Waals surface area contributed by atoms with Gasteiger partial charge in [0.15, 0.2) is 11.6 Å². The molecule has 6 heteroatoms. The third-order valence-corrected chi connectivity index (χ3v) is 6.15. The molecule has 2 N–H and O–H groups in total. The molecule has 1 saturated heterocycles. The van der Waals surface area contributed by atoms with E-state index in [2.05, 4.69) is 0 Å². The van der Waals surface area contributed by atoms with Gasteiger partial charge in [0.2, 0.25) is 0 Å². The van der Waals surface area contributed by atoms with E-state index < -0.39 is 18.0 Å². The Morgan fingerprint density at radius 2 is 1.90 bits per heavy atom. The third kappa shape index (κ3) is 4.70. The number of rotatable bonds is 6. The van der Waals surface area contributed by atoms with Crippen molar-refractivity contribution in [2.75, 3.05) is 13.2 Å². The summed E-state index contributed by atoms with van der Waals surface area (Å²) in [5.74, 6) is -0.169. The quantitative estimate of drug-likeness (QED) is 0.549. The van der Waals surface area contributed by atoms with Crippen molar-refractivity contribution in [1.29, 1.82) is 0 Å². The molecule has 4 nitrogen and oxygen atoms in total. The van der Waals surface area contributed by atoms with Crippen LogP contribution in [0.3, 0.4) is 0 Å². The van der Waals surface area contributed by atoms with Gasteiger partial charge in [0.25, 0.3) is 0 Å². The van der Waals surface area contributed by atoms with E-state index in [1.165, 1.54) is 6.07 Å². The molecular weight excluding hydrogens is 419 g/mol. The molecule has 4 rings (SSSR count). The van der Waals surface area contributed by atoms with Gasteiger partial charge >= 0.3 is 0 Å². The lowest BCUT2D eigenvalue weighted by atomic mass is 9.90. The lowest BCUT2D eigenvalue weighted by Crippen LogP contribution is -2.33. The Balaban J connectivity index is 1.74. The van der Waals surface area contributed by atoms with Crippen molar-refractivity contribution in [1.82, 2.24) is 0 Å². The number of hydrogen-bond donors (Lipinski definition) is 2. The van der Waals surface area contributed by atoms with Crippen LogP contribution in [0.4, 0.5) is 4.39 Å². The predicted octanol–water partition coefficient (Wildman–Crippen LogP) is 5.20. The molecule has 31 heavy (non-hydrogen) atoms. The Labute approximate surface area is 186 Å². The summed E-state index contributed by atoms with van der Waals surface area (Å²) in [7, 11) is 0. The SMILES string of the molecule is CCOc1ccc(Cc2cc(C3CC(O)CC(CO)O3)c3ccccc3c2Cl)cc1F. The average Bonchev–Trinajstić information content (AvgIpc) is 2.77. The molecule has 3 aromatic carbocycles. The van der Waals surface area contributed by atoms with Crippen LogP contribution >= 0.6 is 11.6 Å². The molecule has 0 bridgehead atoms. The standard InChI is InChI=1S/C25H26ClFO4/c1-2-30-23-8-7-15(10-22(23)27)9-16-11-21(19-5-3-4-6-20(19)25(16)26)24-13-17(29)12-18(14-28)31-24/h3-8,10-11,17-18,24,28-29H,2,9,12-14H2,1H3. The van der Waals surface area contributed by atoms with Gasteiger partial charge in [-0.1, -0.05) is 48.0 Å². The van der Waals surface area contributed by atoms with Gasteiger partial charge in [0.1, 0.15) is 0 Å². The molecule has 0 aromatic heterocycles. The number of halogens is 2. The number of aliphatic hydroxyl groups is 2. The fraction of sp³-hybridized carbons (Fsp3) is 0.360. The van der Waals surface area contributed by atoms with Crippen molar-refractivity contribution in [2.45, 2.75) is 44.5 Å². The van der Waals surface area contributed by atoms with E-state index in [1.54, 1.807) is 6.07 Å². The van der Waals surface area contributed by atoms with Crippen LogP contribution in [-0.4, -0.2) is 35.6 Å². The first kappa shape index (κ1) is 22.0. The smallest absolute Gasteiger partial charge is 0.165 e. The zero-order valence-electron chi connectivity index (χ0n) is 17.4. The number of benzene rings is 3. The molecule has 1 aliphatic heterocycles. The molecule has 1 aliphatic rings. The number of hydrogen-bond acceptors (Lipinski definition) is 4. The van der Waals surface area contributed by atoms with Gasteiger partial charge in [-0.3, -0.25) is 0 Å². The Bertz CT molecular complexity index is 1070. The minimum Gasteiger partial charge on any atom is -0.491 e. The second-order valence-corrected chi connectivity index (χ2v) is 8.29. The van der Waals surface area contributed by atoms with Crippen molar-refractivity contribution >= 4 is 22.4 Å². The van der Waals surface area contributed by atoms with Crippen LogP contribution in [0.15, 0.2) is 48.5 Å². The average molecular weight is 445 g/mol. The van der Waals surface area contributed by atoms with Crippen LogP contribution in [0.25, 0.3) is 10.8 Å². The first-order chi connectivity index (χ1) is 15.0. The molecule has 1 heterocycles. The highest BCUT2D eigenvalue weighted by molar-refractivity contribution is 6.36. The lowest BCUT2D eigenvalue weighted by Gasteiger charge is -2.33.